The molecule has 92 valence electrons. The molecule has 0 radical (unpaired) electrons. The predicted octanol–water partition coefficient (Wildman–Crippen LogP) is 2.18. The van der Waals surface area contributed by atoms with Crippen molar-refractivity contribution >= 4 is 11.3 Å². The van der Waals surface area contributed by atoms with Crippen LogP contribution in [-0.4, -0.2) is 30.2 Å². The van der Waals surface area contributed by atoms with Crippen LogP contribution in [0.25, 0.3) is 11.4 Å². The van der Waals surface area contributed by atoms with Crippen molar-refractivity contribution in [1.82, 2.24) is 15.3 Å². The number of hydrogen-bond donors (Lipinski definition) is 2. The van der Waals surface area contributed by atoms with Gasteiger partial charge in [-0.3, -0.25) is 0 Å². The summed E-state index contributed by atoms with van der Waals surface area (Å²) in [5.41, 5.74) is 3.56. The lowest BCUT2D eigenvalue weighted by atomic mass is 10.2. The van der Waals surface area contributed by atoms with Gasteiger partial charge in [0, 0.05) is 43.0 Å². The number of imidazole rings is 1. The minimum Gasteiger partial charge on any atom is -0.383 e. The fraction of sp³-hybridized carbons (Fsp3) is 0.417. The largest absolute Gasteiger partial charge is 0.383 e. The summed E-state index contributed by atoms with van der Waals surface area (Å²) in [5.74, 6) is 0.951. The molecule has 2 N–H and O–H groups in total. The second kappa shape index (κ2) is 5.95. The number of rotatable bonds is 6. The molecule has 0 aliphatic carbocycles. The Hall–Kier alpha value is -1.17. The number of methoxy groups -OCH3 is 1. The van der Waals surface area contributed by atoms with Gasteiger partial charge in [0.15, 0.2) is 0 Å². The van der Waals surface area contributed by atoms with Crippen molar-refractivity contribution in [3.63, 3.8) is 0 Å². The average molecular weight is 251 g/mol. The molecular weight excluding hydrogens is 234 g/mol. The van der Waals surface area contributed by atoms with Gasteiger partial charge in [0.1, 0.15) is 5.82 Å². The summed E-state index contributed by atoms with van der Waals surface area (Å²) in [7, 11) is 1.70. The zero-order valence-electron chi connectivity index (χ0n) is 10.1. The van der Waals surface area contributed by atoms with E-state index in [1.165, 1.54) is 11.1 Å². The third-order valence-corrected chi connectivity index (χ3v) is 3.40. The van der Waals surface area contributed by atoms with E-state index in [-0.39, 0.29) is 0 Å². The number of aromatic nitrogens is 2. The van der Waals surface area contributed by atoms with Crippen LogP contribution in [0.5, 0.6) is 0 Å². The molecule has 2 heterocycles. The topological polar surface area (TPSA) is 49.9 Å². The first-order chi connectivity index (χ1) is 8.31. The van der Waals surface area contributed by atoms with E-state index in [2.05, 4.69) is 33.0 Å². The number of hydrogen-bond acceptors (Lipinski definition) is 4. The fourth-order valence-corrected chi connectivity index (χ4v) is 2.42. The highest BCUT2D eigenvalue weighted by Crippen LogP contribution is 2.23. The van der Waals surface area contributed by atoms with Crippen molar-refractivity contribution in [3.05, 3.63) is 28.2 Å². The fourth-order valence-electron chi connectivity index (χ4n) is 1.59. The Bertz CT molecular complexity index is 464. The molecule has 0 amide bonds. The standard InChI is InChI=1S/C12H17N3OS/c1-9-7-17-8-11(9)12-14-6-10(15-12)5-13-3-4-16-2/h6-8,13H,3-5H2,1-2H3,(H,14,15). The second-order valence-corrected chi connectivity index (χ2v) is 4.64. The lowest BCUT2D eigenvalue weighted by Gasteiger charge is -2.01. The zero-order valence-corrected chi connectivity index (χ0v) is 10.9. The number of nitrogens with zero attached hydrogens (tertiary/aromatic N) is 1. The summed E-state index contributed by atoms with van der Waals surface area (Å²) >= 11 is 1.70. The summed E-state index contributed by atoms with van der Waals surface area (Å²) in [6.45, 7) is 4.47. The summed E-state index contributed by atoms with van der Waals surface area (Å²) in [5, 5.41) is 7.54. The van der Waals surface area contributed by atoms with Crippen LogP contribution in [0.15, 0.2) is 17.0 Å². The summed E-state index contributed by atoms with van der Waals surface area (Å²) in [6.07, 6.45) is 1.88. The SMILES string of the molecule is COCCNCc1cnc(-c2cscc2C)[nH]1. The van der Waals surface area contributed by atoms with Gasteiger partial charge in [0.05, 0.1) is 6.61 Å². The molecule has 2 aromatic rings. The van der Waals surface area contributed by atoms with Crippen molar-refractivity contribution in [2.24, 2.45) is 0 Å². The molecule has 0 saturated carbocycles. The van der Waals surface area contributed by atoms with E-state index in [1.807, 2.05) is 6.20 Å². The molecule has 0 aliphatic heterocycles. The molecule has 0 bridgehead atoms. The minimum atomic E-state index is 0.727. The van der Waals surface area contributed by atoms with E-state index in [9.17, 15) is 0 Å². The average Bonchev–Trinajstić information content (AvgIpc) is 2.93. The number of aryl methyl sites for hydroxylation is 1. The molecule has 0 unspecified atom stereocenters. The van der Waals surface area contributed by atoms with Crippen LogP contribution in [0.3, 0.4) is 0 Å². The van der Waals surface area contributed by atoms with Crippen LogP contribution in [0.2, 0.25) is 0 Å². The quantitative estimate of drug-likeness (QED) is 0.774. The maximum Gasteiger partial charge on any atom is 0.138 e. The summed E-state index contributed by atoms with van der Waals surface area (Å²) < 4.78 is 4.97. The number of thiophene rings is 1. The smallest absolute Gasteiger partial charge is 0.138 e. The first kappa shape index (κ1) is 12.3. The normalized spacial score (nSPS) is 10.9. The first-order valence-electron chi connectivity index (χ1n) is 5.58. The number of aromatic amines is 1. The van der Waals surface area contributed by atoms with Crippen LogP contribution in [0, 0.1) is 6.92 Å². The molecule has 0 atom stereocenters. The van der Waals surface area contributed by atoms with Gasteiger partial charge in [0.25, 0.3) is 0 Å². The van der Waals surface area contributed by atoms with Gasteiger partial charge in [-0.15, -0.1) is 0 Å². The van der Waals surface area contributed by atoms with Crippen LogP contribution in [0.1, 0.15) is 11.3 Å². The van der Waals surface area contributed by atoms with E-state index < -0.39 is 0 Å². The van der Waals surface area contributed by atoms with E-state index in [0.29, 0.717) is 0 Å². The number of nitrogens with one attached hydrogen (secondary N) is 2. The second-order valence-electron chi connectivity index (χ2n) is 3.90. The Balaban J connectivity index is 1.95. The summed E-state index contributed by atoms with van der Waals surface area (Å²) in [6, 6.07) is 0. The highest BCUT2D eigenvalue weighted by atomic mass is 32.1. The van der Waals surface area contributed by atoms with E-state index in [4.69, 9.17) is 4.74 Å². The first-order valence-corrected chi connectivity index (χ1v) is 6.52. The molecule has 17 heavy (non-hydrogen) atoms. The third kappa shape index (κ3) is 3.15. The van der Waals surface area contributed by atoms with Gasteiger partial charge in [-0.1, -0.05) is 0 Å². The third-order valence-electron chi connectivity index (χ3n) is 2.54. The summed E-state index contributed by atoms with van der Waals surface area (Å²) in [4.78, 5) is 7.72. The molecule has 0 saturated heterocycles. The maximum absolute atomic E-state index is 4.97. The molecule has 0 aromatic carbocycles. The van der Waals surface area contributed by atoms with Crippen LogP contribution in [-0.2, 0) is 11.3 Å². The van der Waals surface area contributed by atoms with Crippen molar-refractivity contribution in [2.45, 2.75) is 13.5 Å². The highest BCUT2D eigenvalue weighted by molar-refractivity contribution is 7.08. The van der Waals surface area contributed by atoms with Gasteiger partial charge < -0.3 is 15.0 Å². The Morgan fingerprint density at radius 1 is 1.47 bits per heavy atom. The molecule has 0 aliphatic rings. The van der Waals surface area contributed by atoms with Gasteiger partial charge in [-0.2, -0.15) is 11.3 Å². The Kier molecular flexibility index (Phi) is 4.30. The van der Waals surface area contributed by atoms with Crippen molar-refractivity contribution < 1.29 is 4.74 Å². The van der Waals surface area contributed by atoms with Gasteiger partial charge >= 0.3 is 0 Å². The van der Waals surface area contributed by atoms with Crippen LogP contribution in [0.4, 0.5) is 0 Å². The highest BCUT2D eigenvalue weighted by Gasteiger charge is 2.06. The van der Waals surface area contributed by atoms with E-state index >= 15 is 0 Å². The zero-order chi connectivity index (χ0) is 12.1. The Labute approximate surface area is 105 Å². The molecular formula is C12H17N3OS. The van der Waals surface area contributed by atoms with Gasteiger partial charge in [0.2, 0.25) is 0 Å². The maximum atomic E-state index is 4.97. The molecule has 0 spiro atoms. The van der Waals surface area contributed by atoms with Gasteiger partial charge in [-0.05, 0) is 17.9 Å². The predicted molar refractivity (Wildman–Crippen MR) is 70.2 cm³/mol. The number of H-pyrrole nitrogens is 1. The monoisotopic (exact) mass is 251 g/mol. The molecule has 2 aromatic heterocycles. The van der Waals surface area contributed by atoms with Crippen molar-refractivity contribution in [1.29, 1.82) is 0 Å². The molecule has 5 heteroatoms. The molecule has 0 fully saturated rings. The van der Waals surface area contributed by atoms with Crippen molar-refractivity contribution in [3.8, 4) is 11.4 Å². The minimum absolute atomic E-state index is 0.727. The molecule has 4 nitrogen and oxygen atoms in total. The van der Waals surface area contributed by atoms with Crippen LogP contribution >= 0.6 is 11.3 Å². The van der Waals surface area contributed by atoms with Gasteiger partial charge in [-0.25, -0.2) is 4.98 Å². The van der Waals surface area contributed by atoms with E-state index in [0.717, 1.165) is 31.2 Å². The number of ether oxygens (including phenoxy) is 1. The van der Waals surface area contributed by atoms with E-state index in [1.54, 1.807) is 18.4 Å². The van der Waals surface area contributed by atoms with Crippen LogP contribution < -0.4 is 5.32 Å². The lowest BCUT2D eigenvalue weighted by molar-refractivity contribution is 0.199. The van der Waals surface area contributed by atoms with Crippen molar-refractivity contribution in [2.75, 3.05) is 20.3 Å². The Morgan fingerprint density at radius 2 is 2.35 bits per heavy atom. The Morgan fingerprint density at radius 3 is 3.06 bits per heavy atom. The molecule has 2 rings (SSSR count). The lowest BCUT2D eigenvalue weighted by Crippen LogP contribution is -2.18.